The number of nitrogens with zero attached hydrogens (tertiary/aromatic N) is 1. The second kappa shape index (κ2) is 8.41. The topological polar surface area (TPSA) is 36.5 Å². The molecule has 6 heteroatoms. The standard InChI is InChI=1S/C15H22ClN3OS/c1-2-3-6-17-15(21)18-13-11-12(16)4-5-14(13)19-7-9-20-10-8-19/h4-5,11H,2-3,6-10H2,1H3,(H2,17,18,21). The quantitative estimate of drug-likeness (QED) is 0.641. The van der Waals surface area contributed by atoms with Gasteiger partial charge in [0, 0.05) is 24.7 Å². The Bertz CT molecular complexity index is 478. The van der Waals surface area contributed by atoms with Gasteiger partial charge in [-0.15, -0.1) is 0 Å². The van der Waals surface area contributed by atoms with Crippen LogP contribution in [0.5, 0.6) is 0 Å². The van der Waals surface area contributed by atoms with Crippen molar-refractivity contribution in [1.29, 1.82) is 0 Å². The fraction of sp³-hybridized carbons (Fsp3) is 0.533. The molecule has 0 unspecified atom stereocenters. The summed E-state index contributed by atoms with van der Waals surface area (Å²) in [6.07, 6.45) is 2.25. The molecule has 1 saturated heterocycles. The molecule has 0 bridgehead atoms. The number of thiocarbonyl (C=S) groups is 1. The largest absolute Gasteiger partial charge is 0.378 e. The third kappa shape index (κ3) is 5.02. The number of rotatable bonds is 5. The zero-order chi connectivity index (χ0) is 15.1. The van der Waals surface area contributed by atoms with Crippen LogP contribution in [0.25, 0.3) is 0 Å². The summed E-state index contributed by atoms with van der Waals surface area (Å²) in [6.45, 7) is 6.31. The summed E-state index contributed by atoms with van der Waals surface area (Å²) in [7, 11) is 0. The van der Waals surface area contributed by atoms with Crippen LogP contribution >= 0.6 is 23.8 Å². The lowest BCUT2D eigenvalue weighted by Gasteiger charge is -2.31. The van der Waals surface area contributed by atoms with E-state index in [2.05, 4.69) is 22.5 Å². The van der Waals surface area contributed by atoms with Crippen molar-refractivity contribution >= 4 is 40.3 Å². The highest BCUT2D eigenvalue weighted by atomic mass is 35.5. The summed E-state index contributed by atoms with van der Waals surface area (Å²) in [5.41, 5.74) is 2.06. The lowest BCUT2D eigenvalue weighted by molar-refractivity contribution is 0.123. The second-order valence-corrected chi connectivity index (χ2v) is 5.84. The fourth-order valence-corrected chi connectivity index (χ4v) is 2.62. The maximum absolute atomic E-state index is 6.12. The molecule has 1 heterocycles. The molecule has 1 aliphatic heterocycles. The van der Waals surface area contributed by atoms with Gasteiger partial charge in [0.15, 0.2) is 5.11 Å². The minimum Gasteiger partial charge on any atom is -0.378 e. The highest BCUT2D eigenvalue weighted by Crippen LogP contribution is 2.29. The normalized spacial score (nSPS) is 14.9. The number of ether oxygens (including phenoxy) is 1. The molecule has 21 heavy (non-hydrogen) atoms. The molecule has 1 fully saturated rings. The molecule has 2 N–H and O–H groups in total. The van der Waals surface area contributed by atoms with Gasteiger partial charge in [-0.05, 0) is 36.8 Å². The van der Waals surface area contributed by atoms with E-state index >= 15 is 0 Å². The number of morpholine rings is 1. The van der Waals surface area contributed by atoms with Crippen LogP contribution in [0.15, 0.2) is 18.2 Å². The van der Waals surface area contributed by atoms with E-state index < -0.39 is 0 Å². The highest BCUT2D eigenvalue weighted by molar-refractivity contribution is 7.80. The molecule has 0 spiro atoms. The molecule has 0 aromatic heterocycles. The Morgan fingerprint density at radius 3 is 2.86 bits per heavy atom. The molecular formula is C15H22ClN3OS. The van der Waals surface area contributed by atoms with Crippen LogP contribution in [0, 0.1) is 0 Å². The number of hydrogen-bond acceptors (Lipinski definition) is 3. The van der Waals surface area contributed by atoms with Crippen LogP contribution in [-0.2, 0) is 4.74 Å². The molecule has 1 aromatic rings. The lowest BCUT2D eigenvalue weighted by Crippen LogP contribution is -2.37. The number of benzene rings is 1. The van der Waals surface area contributed by atoms with E-state index in [0.29, 0.717) is 10.1 Å². The Morgan fingerprint density at radius 1 is 1.38 bits per heavy atom. The monoisotopic (exact) mass is 327 g/mol. The zero-order valence-electron chi connectivity index (χ0n) is 12.3. The van der Waals surface area contributed by atoms with Crippen molar-refractivity contribution in [2.75, 3.05) is 43.1 Å². The molecule has 0 saturated carbocycles. The summed E-state index contributed by atoms with van der Waals surface area (Å²) < 4.78 is 5.41. The van der Waals surface area contributed by atoms with Crippen LogP contribution in [0.3, 0.4) is 0 Å². The first kappa shape index (κ1) is 16.3. The highest BCUT2D eigenvalue weighted by Gasteiger charge is 2.15. The molecule has 0 aliphatic carbocycles. The van der Waals surface area contributed by atoms with Gasteiger partial charge in [-0.1, -0.05) is 24.9 Å². The van der Waals surface area contributed by atoms with Crippen LogP contribution in [0.4, 0.5) is 11.4 Å². The third-order valence-electron chi connectivity index (χ3n) is 3.37. The Balaban J connectivity index is 2.05. The number of hydrogen-bond donors (Lipinski definition) is 2. The maximum atomic E-state index is 6.12. The van der Waals surface area contributed by atoms with E-state index in [1.807, 2.05) is 18.2 Å². The summed E-state index contributed by atoms with van der Waals surface area (Å²) in [5.74, 6) is 0. The zero-order valence-corrected chi connectivity index (χ0v) is 13.9. The maximum Gasteiger partial charge on any atom is 0.170 e. The molecule has 0 atom stereocenters. The van der Waals surface area contributed by atoms with Crippen molar-refractivity contribution in [2.45, 2.75) is 19.8 Å². The van der Waals surface area contributed by atoms with Gasteiger partial charge >= 0.3 is 0 Å². The lowest BCUT2D eigenvalue weighted by atomic mass is 10.2. The number of halogens is 1. The molecule has 4 nitrogen and oxygen atoms in total. The van der Waals surface area contributed by atoms with Crippen LogP contribution < -0.4 is 15.5 Å². The van der Waals surface area contributed by atoms with Crippen LogP contribution in [0.1, 0.15) is 19.8 Å². The Hall–Kier alpha value is -1.04. The minimum absolute atomic E-state index is 0.639. The smallest absolute Gasteiger partial charge is 0.170 e. The van der Waals surface area contributed by atoms with Gasteiger partial charge in [0.25, 0.3) is 0 Å². The van der Waals surface area contributed by atoms with Crippen molar-refractivity contribution < 1.29 is 4.74 Å². The van der Waals surface area contributed by atoms with Crippen molar-refractivity contribution in [1.82, 2.24) is 5.32 Å². The van der Waals surface area contributed by atoms with E-state index in [1.165, 1.54) is 0 Å². The van der Waals surface area contributed by atoms with Gasteiger partial charge in [-0.25, -0.2) is 0 Å². The summed E-state index contributed by atoms with van der Waals surface area (Å²) in [4.78, 5) is 2.29. The molecular weight excluding hydrogens is 306 g/mol. The Labute approximate surface area is 136 Å². The van der Waals surface area contributed by atoms with Crippen molar-refractivity contribution in [3.05, 3.63) is 23.2 Å². The average Bonchev–Trinajstić information content (AvgIpc) is 2.48. The van der Waals surface area contributed by atoms with Gasteiger partial charge in [0.2, 0.25) is 0 Å². The van der Waals surface area contributed by atoms with Crippen molar-refractivity contribution in [3.8, 4) is 0 Å². The molecule has 0 radical (unpaired) electrons. The Morgan fingerprint density at radius 2 is 2.14 bits per heavy atom. The van der Waals surface area contributed by atoms with Crippen molar-refractivity contribution in [3.63, 3.8) is 0 Å². The first-order chi connectivity index (χ1) is 10.2. The summed E-state index contributed by atoms with van der Waals surface area (Å²) >= 11 is 11.5. The minimum atomic E-state index is 0.639. The molecule has 1 aliphatic rings. The fourth-order valence-electron chi connectivity index (χ4n) is 2.23. The van der Waals surface area contributed by atoms with E-state index in [-0.39, 0.29) is 0 Å². The Kier molecular flexibility index (Phi) is 6.54. The molecule has 2 rings (SSSR count). The first-order valence-corrected chi connectivity index (χ1v) is 8.16. The van der Waals surface area contributed by atoms with Gasteiger partial charge in [-0.3, -0.25) is 0 Å². The first-order valence-electron chi connectivity index (χ1n) is 7.38. The van der Waals surface area contributed by atoms with Crippen LogP contribution in [-0.4, -0.2) is 38.0 Å². The number of anilines is 2. The second-order valence-electron chi connectivity index (χ2n) is 5.00. The predicted molar refractivity (Wildman–Crippen MR) is 93.6 cm³/mol. The van der Waals surface area contributed by atoms with E-state index in [0.717, 1.165) is 57.1 Å². The summed E-state index contributed by atoms with van der Waals surface area (Å²) in [5, 5.41) is 7.82. The van der Waals surface area contributed by atoms with Crippen LogP contribution in [0.2, 0.25) is 5.02 Å². The molecule has 0 amide bonds. The molecule has 1 aromatic carbocycles. The van der Waals surface area contributed by atoms with Gasteiger partial charge < -0.3 is 20.3 Å². The SMILES string of the molecule is CCCCNC(=S)Nc1cc(Cl)ccc1N1CCOCC1. The van der Waals surface area contributed by atoms with E-state index in [9.17, 15) is 0 Å². The van der Waals surface area contributed by atoms with E-state index in [4.69, 9.17) is 28.6 Å². The third-order valence-corrected chi connectivity index (χ3v) is 3.86. The average molecular weight is 328 g/mol. The van der Waals surface area contributed by atoms with E-state index in [1.54, 1.807) is 0 Å². The van der Waals surface area contributed by atoms with Crippen molar-refractivity contribution in [2.24, 2.45) is 0 Å². The number of nitrogens with one attached hydrogen (secondary N) is 2. The molecule has 116 valence electrons. The van der Waals surface area contributed by atoms with Gasteiger partial charge in [0.1, 0.15) is 0 Å². The predicted octanol–water partition coefficient (Wildman–Crippen LogP) is 3.26. The number of unbranched alkanes of at least 4 members (excludes halogenated alkanes) is 1. The van der Waals surface area contributed by atoms with Gasteiger partial charge in [-0.2, -0.15) is 0 Å². The summed E-state index contributed by atoms with van der Waals surface area (Å²) in [6, 6.07) is 5.86. The van der Waals surface area contributed by atoms with Gasteiger partial charge in [0.05, 0.1) is 24.6 Å².